The number of benzene rings is 1. The summed E-state index contributed by atoms with van der Waals surface area (Å²) in [6.07, 6.45) is 2.02. The van der Waals surface area contributed by atoms with Crippen molar-refractivity contribution in [2.24, 2.45) is 0 Å². The number of carbonyl (C=O) groups excluding carboxylic acids is 1. The second-order valence-corrected chi connectivity index (χ2v) is 5.25. The Kier molecular flexibility index (Phi) is 3.66. The SMILES string of the molecule is O=C(O)CN1C(=O)CCCc2cc(I)ccc21. The molecule has 1 aromatic rings. The van der Waals surface area contributed by atoms with Crippen molar-refractivity contribution in [2.75, 3.05) is 11.4 Å². The summed E-state index contributed by atoms with van der Waals surface area (Å²) in [6.45, 7) is -0.258. The molecular weight excluding hydrogens is 333 g/mol. The zero-order valence-corrected chi connectivity index (χ0v) is 11.3. The van der Waals surface area contributed by atoms with Crippen LogP contribution in [0.4, 0.5) is 5.69 Å². The molecule has 0 fully saturated rings. The average Bonchev–Trinajstić information content (AvgIpc) is 2.39. The van der Waals surface area contributed by atoms with Crippen molar-refractivity contribution in [3.8, 4) is 0 Å². The molecule has 90 valence electrons. The number of fused-ring (bicyclic) bond motifs is 1. The minimum Gasteiger partial charge on any atom is -0.480 e. The van der Waals surface area contributed by atoms with E-state index in [1.807, 2.05) is 18.2 Å². The van der Waals surface area contributed by atoms with Crippen LogP contribution in [0.15, 0.2) is 18.2 Å². The number of nitrogens with zero attached hydrogens (tertiary/aromatic N) is 1. The third-order valence-electron chi connectivity index (χ3n) is 2.76. The minimum absolute atomic E-state index is 0.104. The fourth-order valence-corrected chi connectivity index (χ4v) is 2.58. The zero-order valence-electron chi connectivity index (χ0n) is 9.15. The Bertz CT molecular complexity index is 473. The Morgan fingerprint density at radius 1 is 1.41 bits per heavy atom. The van der Waals surface area contributed by atoms with Crippen LogP contribution in [0, 0.1) is 3.57 Å². The van der Waals surface area contributed by atoms with E-state index in [2.05, 4.69) is 22.6 Å². The van der Waals surface area contributed by atoms with Crippen LogP contribution in [-0.4, -0.2) is 23.5 Å². The summed E-state index contributed by atoms with van der Waals surface area (Å²) in [5.41, 5.74) is 1.80. The highest BCUT2D eigenvalue weighted by molar-refractivity contribution is 14.1. The van der Waals surface area contributed by atoms with E-state index in [1.165, 1.54) is 4.90 Å². The van der Waals surface area contributed by atoms with Crippen LogP contribution in [0.1, 0.15) is 18.4 Å². The number of amides is 1. The summed E-state index contributed by atoms with van der Waals surface area (Å²) in [5.74, 6) is -1.09. The number of halogens is 1. The van der Waals surface area contributed by atoms with Crippen molar-refractivity contribution in [1.29, 1.82) is 0 Å². The van der Waals surface area contributed by atoms with E-state index in [1.54, 1.807) is 0 Å². The second kappa shape index (κ2) is 5.03. The van der Waals surface area contributed by atoms with Crippen LogP contribution in [-0.2, 0) is 16.0 Å². The maximum Gasteiger partial charge on any atom is 0.323 e. The Labute approximate surface area is 113 Å². The number of hydrogen-bond acceptors (Lipinski definition) is 2. The summed E-state index contributed by atoms with van der Waals surface area (Å²) < 4.78 is 1.10. The van der Waals surface area contributed by atoms with E-state index in [0.717, 1.165) is 27.7 Å². The first-order chi connectivity index (χ1) is 8.08. The van der Waals surface area contributed by atoms with Crippen LogP contribution in [0.2, 0.25) is 0 Å². The van der Waals surface area contributed by atoms with Crippen LogP contribution < -0.4 is 4.90 Å². The Morgan fingerprint density at radius 3 is 2.88 bits per heavy atom. The lowest BCUT2D eigenvalue weighted by Crippen LogP contribution is -2.35. The molecule has 0 atom stereocenters. The lowest BCUT2D eigenvalue weighted by Gasteiger charge is -2.21. The molecule has 0 spiro atoms. The predicted molar refractivity (Wildman–Crippen MR) is 72.1 cm³/mol. The molecule has 0 saturated carbocycles. The van der Waals surface area contributed by atoms with Crippen LogP contribution in [0.3, 0.4) is 0 Å². The monoisotopic (exact) mass is 345 g/mol. The Hall–Kier alpha value is -1.11. The first-order valence-corrected chi connectivity index (χ1v) is 6.46. The number of carboxylic acid groups (broad SMARTS) is 1. The van der Waals surface area contributed by atoms with Crippen molar-refractivity contribution >= 4 is 40.2 Å². The average molecular weight is 345 g/mol. The number of rotatable bonds is 2. The summed E-state index contributed by atoms with van der Waals surface area (Å²) >= 11 is 2.22. The molecule has 4 nitrogen and oxygen atoms in total. The molecule has 0 unspecified atom stereocenters. The molecule has 1 aliphatic rings. The van der Waals surface area contributed by atoms with E-state index in [9.17, 15) is 9.59 Å². The van der Waals surface area contributed by atoms with Gasteiger partial charge in [0.25, 0.3) is 0 Å². The second-order valence-electron chi connectivity index (χ2n) is 4.00. The van der Waals surface area contributed by atoms with E-state index in [-0.39, 0.29) is 12.5 Å². The largest absolute Gasteiger partial charge is 0.480 e. The summed E-state index contributed by atoms with van der Waals surface area (Å²) in [7, 11) is 0. The van der Waals surface area contributed by atoms with Gasteiger partial charge in [-0.05, 0) is 59.2 Å². The summed E-state index contributed by atoms with van der Waals surface area (Å²) in [6, 6.07) is 5.75. The number of aliphatic carboxylic acids is 1. The van der Waals surface area contributed by atoms with E-state index >= 15 is 0 Å². The lowest BCUT2D eigenvalue weighted by molar-refractivity contribution is -0.136. The smallest absolute Gasteiger partial charge is 0.323 e. The molecular formula is C12H12INO3. The highest BCUT2D eigenvalue weighted by Gasteiger charge is 2.23. The third kappa shape index (κ3) is 2.77. The normalized spacial score (nSPS) is 15.4. The van der Waals surface area contributed by atoms with Gasteiger partial charge in [0.1, 0.15) is 6.54 Å². The van der Waals surface area contributed by atoms with E-state index < -0.39 is 5.97 Å². The fourth-order valence-electron chi connectivity index (χ4n) is 2.03. The van der Waals surface area contributed by atoms with Gasteiger partial charge >= 0.3 is 5.97 Å². The van der Waals surface area contributed by atoms with Gasteiger partial charge in [0.15, 0.2) is 0 Å². The number of aryl methyl sites for hydroxylation is 1. The maximum absolute atomic E-state index is 11.9. The Balaban J connectivity index is 2.43. The standard InChI is InChI=1S/C12H12INO3/c13-9-4-5-10-8(6-9)2-1-3-11(15)14(10)7-12(16)17/h4-6H,1-3,7H2,(H,16,17). The predicted octanol–water partition coefficient (Wildman–Crippen LogP) is 2.05. The third-order valence-corrected chi connectivity index (χ3v) is 3.43. The minimum atomic E-state index is -0.982. The molecule has 0 bridgehead atoms. The van der Waals surface area contributed by atoms with Crippen LogP contribution in [0.25, 0.3) is 0 Å². The van der Waals surface area contributed by atoms with Crippen molar-refractivity contribution in [3.05, 3.63) is 27.3 Å². The van der Waals surface area contributed by atoms with Crippen molar-refractivity contribution in [3.63, 3.8) is 0 Å². The van der Waals surface area contributed by atoms with Gasteiger partial charge < -0.3 is 10.0 Å². The molecule has 0 radical (unpaired) electrons. The number of anilines is 1. The summed E-state index contributed by atoms with van der Waals surface area (Å²) in [4.78, 5) is 24.0. The number of hydrogen-bond donors (Lipinski definition) is 1. The van der Waals surface area contributed by atoms with Gasteiger partial charge in [-0.3, -0.25) is 9.59 Å². The van der Waals surface area contributed by atoms with Crippen LogP contribution >= 0.6 is 22.6 Å². The van der Waals surface area contributed by atoms with Crippen molar-refractivity contribution in [1.82, 2.24) is 0 Å². The van der Waals surface area contributed by atoms with Gasteiger partial charge in [0.2, 0.25) is 5.91 Å². The van der Waals surface area contributed by atoms with Gasteiger partial charge in [0.05, 0.1) is 0 Å². The van der Waals surface area contributed by atoms with Gasteiger partial charge in [0, 0.05) is 15.7 Å². The molecule has 0 aliphatic carbocycles. The summed E-state index contributed by atoms with van der Waals surface area (Å²) in [5, 5.41) is 8.86. The zero-order chi connectivity index (χ0) is 12.4. The van der Waals surface area contributed by atoms with Crippen molar-refractivity contribution < 1.29 is 14.7 Å². The molecule has 5 heteroatoms. The van der Waals surface area contributed by atoms with Crippen molar-refractivity contribution in [2.45, 2.75) is 19.3 Å². The topological polar surface area (TPSA) is 57.6 Å². The van der Waals surface area contributed by atoms with Gasteiger partial charge in [-0.15, -0.1) is 0 Å². The quantitative estimate of drug-likeness (QED) is 0.835. The lowest BCUT2D eigenvalue weighted by atomic mass is 10.1. The molecule has 0 saturated heterocycles. The highest BCUT2D eigenvalue weighted by Crippen LogP contribution is 2.28. The molecule has 17 heavy (non-hydrogen) atoms. The van der Waals surface area contributed by atoms with Gasteiger partial charge in [-0.25, -0.2) is 0 Å². The molecule has 1 aliphatic heterocycles. The fraction of sp³-hybridized carbons (Fsp3) is 0.333. The Morgan fingerprint density at radius 2 is 2.18 bits per heavy atom. The maximum atomic E-state index is 11.9. The van der Waals surface area contributed by atoms with Crippen LogP contribution in [0.5, 0.6) is 0 Å². The molecule has 1 aromatic carbocycles. The van der Waals surface area contributed by atoms with Gasteiger partial charge in [-0.1, -0.05) is 0 Å². The van der Waals surface area contributed by atoms with E-state index in [4.69, 9.17) is 5.11 Å². The molecule has 1 amide bonds. The highest BCUT2D eigenvalue weighted by atomic mass is 127. The molecule has 1 N–H and O–H groups in total. The molecule has 1 heterocycles. The first-order valence-electron chi connectivity index (χ1n) is 5.38. The molecule has 2 rings (SSSR count). The van der Waals surface area contributed by atoms with E-state index in [0.29, 0.717) is 6.42 Å². The number of carbonyl (C=O) groups is 2. The first kappa shape index (κ1) is 12.3. The van der Waals surface area contributed by atoms with Gasteiger partial charge in [-0.2, -0.15) is 0 Å². The molecule has 0 aromatic heterocycles. The number of carboxylic acids is 1.